The second-order valence-electron chi connectivity index (χ2n) is 11.9. The van der Waals surface area contributed by atoms with Gasteiger partial charge in [0.1, 0.15) is 0 Å². The Labute approximate surface area is 180 Å². The van der Waals surface area contributed by atoms with Crippen LogP contribution in [0, 0.1) is 53.3 Å². The van der Waals surface area contributed by atoms with E-state index in [1.165, 1.54) is 57.8 Å². The second-order valence-corrected chi connectivity index (χ2v) is 11.9. The molecule has 0 aromatic carbocycles. The quantitative estimate of drug-likeness (QED) is 0.366. The molecule has 2 rings (SSSR count). The van der Waals surface area contributed by atoms with Crippen molar-refractivity contribution in [3.8, 4) is 0 Å². The van der Waals surface area contributed by atoms with E-state index in [0.717, 1.165) is 53.3 Å². The molecule has 0 aromatic heterocycles. The summed E-state index contributed by atoms with van der Waals surface area (Å²) >= 11 is 0. The van der Waals surface area contributed by atoms with Gasteiger partial charge >= 0.3 is 0 Å². The first-order valence-electron chi connectivity index (χ1n) is 13.1. The Hall–Kier alpha value is 0. The van der Waals surface area contributed by atoms with Gasteiger partial charge in [0.15, 0.2) is 0 Å². The van der Waals surface area contributed by atoms with E-state index in [9.17, 15) is 0 Å². The number of hydrogen-bond acceptors (Lipinski definition) is 0. The largest absolute Gasteiger partial charge is 0.0651 e. The van der Waals surface area contributed by atoms with Crippen LogP contribution in [0.4, 0.5) is 0 Å². The average molecular weight is 393 g/mol. The first kappa shape index (κ1) is 26.0. The molecule has 0 spiro atoms. The van der Waals surface area contributed by atoms with Crippen LogP contribution in [-0.4, -0.2) is 0 Å². The summed E-state index contributed by atoms with van der Waals surface area (Å²) in [5, 5.41) is 0. The maximum absolute atomic E-state index is 2.50. The molecular weight excluding hydrogens is 336 g/mol. The highest BCUT2D eigenvalue weighted by Crippen LogP contribution is 2.45. The summed E-state index contributed by atoms with van der Waals surface area (Å²) in [7, 11) is 0. The number of hydrogen-bond donors (Lipinski definition) is 0. The minimum Gasteiger partial charge on any atom is -0.0651 e. The monoisotopic (exact) mass is 392 g/mol. The molecule has 2 aliphatic rings. The summed E-state index contributed by atoms with van der Waals surface area (Å²) in [6.07, 6.45) is 15.0. The lowest BCUT2D eigenvalue weighted by Crippen LogP contribution is -2.19. The molecule has 0 saturated heterocycles. The molecule has 0 aromatic rings. The molecule has 168 valence electrons. The second kappa shape index (κ2) is 13.3. The third-order valence-electron chi connectivity index (χ3n) is 8.46. The Morgan fingerprint density at radius 2 is 1.39 bits per heavy atom. The van der Waals surface area contributed by atoms with Crippen LogP contribution in [0.3, 0.4) is 0 Å². The standard InChI is InChI=1S/C23H44.C5H12/c1-16(2)19(6)14-21-12-11-20(15-21)8-7-9-22-13-10-18(5)23(22)17(3)4;1-4-5(2)3/h16-23H,7-15H2,1-6H3;5H,4H2,1-3H3. The third-order valence-corrected chi connectivity index (χ3v) is 8.46. The van der Waals surface area contributed by atoms with E-state index < -0.39 is 0 Å². The zero-order valence-electron chi connectivity index (χ0n) is 21.3. The zero-order chi connectivity index (χ0) is 21.3. The topological polar surface area (TPSA) is 0 Å². The predicted molar refractivity (Wildman–Crippen MR) is 129 cm³/mol. The Bertz CT molecular complexity index is 379. The molecule has 0 heteroatoms. The summed E-state index contributed by atoms with van der Waals surface area (Å²) in [4.78, 5) is 0. The third kappa shape index (κ3) is 9.21. The zero-order valence-corrected chi connectivity index (χ0v) is 21.3. The summed E-state index contributed by atoms with van der Waals surface area (Å²) in [6, 6.07) is 0. The normalized spacial score (nSPS) is 31.5. The fraction of sp³-hybridized carbons (Fsp3) is 1.00. The maximum Gasteiger partial charge on any atom is -0.0337 e. The van der Waals surface area contributed by atoms with Gasteiger partial charge in [-0.3, -0.25) is 0 Å². The predicted octanol–water partition coefficient (Wildman–Crippen LogP) is 9.63. The van der Waals surface area contributed by atoms with Crippen LogP contribution in [0.25, 0.3) is 0 Å². The molecule has 2 saturated carbocycles. The summed E-state index contributed by atoms with van der Waals surface area (Å²) < 4.78 is 0. The van der Waals surface area contributed by atoms with Crippen molar-refractivity contribution >= 4 is 0 Å². The smallest absolute Gasteiger partial charge is 0.0337 e. The van der Waals surface area contributed by atoms with Crippen LogP contribution in [0.5, 0.6) is 0 Å². The van der Waals surface area contributed by atoms with Gasteiger partial charge in [0.2, 0.25) is 0 Å². The Morgan fingerprint density at radius 3 is 1.93 bits per heavy atom. The van der Waals surface area contributed by atoms with Crippen molar-refractivity contribution < 1.29 is 0 Å². The molecular formula is C28H56. The van der Waals surface area contributed by atoms with Gasteiger partial charge in [-0.2, -0.15) is 0 Å². The van der Waals surface area contributed by atoms with Crippen LogP contribution in [0.15, 0.2) is 0 Å². The maximum atomic E-state index is 2.50. The van der Waals surface area contributed by atoms with Crippen molar-refractivity contribution in [3.05, 3.63) is 0 Å². The fourth-order valence-electron chi connectivity index (χ4n) is 5.99. The molecule has 0 bridgehead atoms. The first-order chi connectivity index (χ1) is 13.1. The minimum absolute atomic E-state index is 0.867. The molecule has 0 radical (unpaired) electrons. The van der Waals surface area contributed by atoms with Gasteiger partial charge in [-0.15, -0.1) is 0 Å². The average Bonchev–Trinajstić information content (AvgIpc) is 3.21. The van der Waals surface area contributed by atoms with E-state index in [2.05, 4.69) is 62.3 Å². The molecule has 2 aliphatic carbocycles. The van der Waals surface area contributed by atoms with Gasteiger partial charge in [0, 0.05) is 0 Å². The molecule has 6 atom stereocenters. The van der Waals surface area contributed by atoms with E-state index >= 15 is 0 Å². The molecule has 0 aliphatic heterocycles. The lowest BCUT2D eigenvalue weighted by molar-refractivity contribution is 0.225. The SMILES string of the molecule is CC(C)C(C)CC1CCC(CCCC2CCC(C)C2C(C)C)C1.CCC(C)C. The highest BCUT2D eigenvalue weighted by atomic mass is 14.4. The highest BCUT2D eigenvalue weighted by molar-refractivity contribution is 4.85. The van der Waals surface area contributed by atoms with Crippen LogP contribution in [0.2, 0.25) is 0 Å². The Morgan fingerprint density at radius 1 is 0.786 bits per heavy atom. The van der Waals surface area contributed by atoms with Gasteiger partial charge in [-0.25, -0.2) is 0 Å². The first-order valence-corrected chi connectivity index (χ1v) is 13.1. The van der Waals surface area contributed by atoms with Gasteiger partial charge in [0.25, 0.3) is 0 Å². The van der Waals surface area contributed by atoms with Crippen molar-refractivity contribution in [2.24, 2.45) is 53.3 Å². The minimum atomic E-state index is 0.867. The Kier molecular flexibility index (Phi) is 12.4. The lowest BCUT2D eigenvalue weighted by atomic mass is 9.79. The van der Waals surface area contributed by atoms with Crippen molar-refractivity contribution in [2.45, 2.75) is 127 Å². The Balaban J connectivity index is 0.000000696. The molecule has 2 fully saturated rings. The molecule has 0 heterocycles. The molecule has 0 amide bonds. The van der Waals surface area contributed by atoms with Crippen LogP contribution in [0.1, 0.15) is 127 Å². The summed E-state index contributed by atoms with van der Waals surface area (Å²) in [5.41, 5.74) is 0. The van der Waals surface area contributed by atoms with Gasteiger partial charge < -0.3 is 0 Å². The lowest BCUT2D eigenvalue weighted by Gasteiger charge is -2.27. The van der Waals surface area contributed by atoms with Crippen molar-refractivity contribution in [3.63, 3.8) is 0 Å². The summed E-state index contributed by atoms with van der Waals surface area (Å²) in [6.45, 7) is 21.3. The molecule has 6 unspecified atom stereocenters. The van der Waals surface area contributed by atoms with E-state index in [0.29, 0.717) is 0 Å². The van der Waals surface area contributed by atoms with Gasteiger partial charge in [-0.05, 0) is 72.5 Å². The van der Waals surface area contributed by atoms with E-state index in [4.69, 9.17) is 0 Å². The molecule has 0 nitrogen and oxygen atoms in total. The molecule has 28 heavy (non-hydrogen) atoms. The van der Waals surface area contributed by atoms with Crippen molar-refractivity contribution in [1.29, 1.82) is 0 Å². The van der Waals surface area contributed by atoms with E-state index in [-0.39, 0.29) is 0 Å². The van der Waals surface area contributed by atoms with Crippen molar-refractivity contribution in [2.75, 3.05) is 0 Å². The number of rotatable bonds is 9. The van der Waals surface area contributed by atoms with E-state index in [1.807, 2.05) is 0 Å². The van der Waals surface area contributed by atoms with E-state index in [1.54, 1.807) is 6.42 Å². The van der Waals surface area contributed by atoms with Crippen molar-refractivity contribution in [1.82, 2.24) is 0 Å². The van der Waals surface area contributed by atoms with Crippen LogP contribution < -0.4 is 0 Å². The van der Waals surface area contributed by atoms with Gasteiger partial charge in [0.05, 0.1) is 0 Å². The molecule has 0 N–H and O–H groups in total. The van der Waals surface area contributed by atoms with Crippen LogP contribution in [-0.2, 0) is 0 Å². The fourth-order valence-corrected chi connectivity index (χ4v) is 5.99. The highest BCUT2D eigenvalue weighted by Gasteiger charge is 2.35. The van der Waals surface area contributed by atoms with Gasteiger partial charge in [-0.1, -0.05) is 107 Å². The van der Waals surface area contributed by atoms with Crippen LogP contribution >= 0.6 is 0 Å². The summed E-state index contributed by atoms with van der Waals surface area (Å²) in [5.74, 6) is 8.72.